The summed E-state index contributed by atoms with van der Waals surface area (Å²) in [4.78, 5) is 15.0. The van der Waals surface area contributed by atoms with Gasteiger partial charge in [0.25, 0.3) is 5.56 Å². The van der Waals surface area contributed by atoms with Crippen molar-refractivity contribution in [1.82, 2.24) is 15.2 Å². The third-order valence-corrected chi connectivity index (χ3v) is 3.89. The van der Waals surface area contributed by atoms with E-state index >= 15 is 0 Å². The highest BCUT2D eigenvalue weighted by molar-refractivity contribution is 7.98. The molecule has 0 aromatic carbocycles. The van der Waals surface area contributed by atoms with Crippen LogP contribution in [0.1, 0.15) is 5.56 Å². The van der Waals surface area contributed by atoms with Gasteiger partial charge in [0.1, 0.15) is 16.0 Å². The summed E-state index contributed by atoms with van der Waals surface area (Å²) in [5.74, 6) is 2.31. The quantitative estimate of drug-likeness (QED) is 0.629. The highest BCUT2D eigenvalue weighted by Crippen LogP contribution is 2.14. The van der Waals surface area contributed by atoms with Crippen molar-refractivity contribution in [2.75, 3.05) is 17.6 Å². The van der Waals surface area contributed by atoms with Crippen LogP contribution in [0.25, 0.3) is 0 Å². The van der Waals surface area contributed by atoms with Crippen LogP contribution in [0.3, 0.4) is 0 Å². The van der Waals surface area contributed by atoms with E-state index in [0.717, 1.165) is 23.6 Å². The van der Waals surface area contributed by atoms with Crippen molar-refractivity contribution in [3.8, 4) is 0 Å². The summed E-state index contributed by atoms with van der Waals surface area (Å²) in [6.45, 7) is 0.721. The molecule has 0 spiro atoms. The zero-order chi connectivity index (χ0) is 14.4. The van der Waals surface area contributed by atoms with Crippen LogP contribution in [0.5, 0.6) is 0 Å². The fourth-order valence-corrected chi connectivity index (χ4v) is 2.59. The first-order valence-electron chi connectivity index (χ1n) is 5.82. The number of H-pyrrole nitrogens is 1. The minimum Gasteiger partial charge on any atom is -0.368 e. The lowest BCUT2D eigenvalue weighted by molar-refractivity contribution is 0.978. The van der Waals surface area contributed by atoms with Gasteiger partial charge in [0.2, 0.25) is 0 Å². The van der Waals surface area contributed by atoms with E-state index in [0.29, 0.717) is 11.0 Å². The van der Waals surface area contributed by atoms with Gasteiger partial charge in [-0.25, -0.2) is 10.1 Å². The number of nitrogens with one attached hydrogen (secondary N) is 2. The topological polar surface area (TPSA) is 70.7 Å². The van der Waals surface area contributed by atoms with Gasteiger partial charge in [0.15, 0.2) is 0 Å². The fourth-order valence-electron chi connectivity index (χ4n) is 1.45. The summed E-state index contributed by atoms with van der Waals surface area (Å²) in [7, 11) is 0. The fraction of sp³-hybridized carbons (Fsp3) is 0.250. The van der Waals surface area contributed by atoms with Gasteiger partial charge in [-0.05, 0) is 17.7 Å². The number of anilines is 1. The lowest BCUT2D eigenvalue weighted by Crippen LogP contribution is -2.12. The van der Waals surface area contributed by atoms with Gasteiger partial charge >= 0.3 is 0 Å². The SMILES string of the molecule is O=c1[nH]nc(NCCSCc2ccnc(Cl)c2)cc1Cl. The molecule has 0 bridgehead atoms. The number of nitrogens with zero attached hydrogens (tertiary/aromatic N) is 2. The second kappa shape index (κ2) is 7.52. The number of halogens is 2. The second-order valence-electron chi connectivity index (χ2n) is 3.90. The zero-order valence-corrected chi connectivity index (χ0v) is 12.7. The van der Waals surface area contributed by atoms with Crippen LogP contribution in [0.4, 0.5) is 5.82 Å². The third kappa shape index (κ3) is 4.70. The lowest BCUT2D eigenvalue weighted by Gasteiger charge is -2.05. The zero-order valence-electron chi connectivity index (χ0n) is 10.4. The molecule has 0 fully saturated rings. The van der Waals surface area contributed by atoms with Crippen molar-refractivity contribution in [3.05, 3.63) is 50.5 Å². The molecule has 2 N–H and O–H groups in total. The Bertz CT molecular complexity index is 635. The maximum Gasteiger partial charge on any atom is 0.283 e. The predicted molar refractivity (Wildman–Crippen MR) is 83.8 cm³/mol. The van der Waals surface area contributed by atoms with Gasteiger partial charge in [0.05, 0.1) is 0 Å². The first-order chi connectivity index (χ1) is 9.65. The minimum atomic E-state index is -0.388. The number of aromatic amines is 1. The van der Waals surface area contributed by atoms with Crippen LogP contribution < -0.4 is 10.9 Å². The van der Waals surface area contributed by atoms with Crippen LogP contribution in [0, 0.1) is 0 Å². The van der Waals surface area contributed by atoms with Gasteiger partial charge in [0, 0.05) is 30.3 Å². The Morgan fingerprint density at radius 2 is 2.20 bits per heavy atom. The highest BCUT2D eigenvalue weighted by Gasteiger charge is 2.00. The number of thioether (sulfide) groups is 1. The molecule has 2 rings (SSSR count). The van der Waals surface area contributed by atoms with E-state index in [2.05, 4.69) is 20.5 Å². The van der Waals surface area contributed by atoms with Crippen molar-refractivity contribution in [2.45, 2.75) is 5.75 Å². The molecule has 0 amide bonds. The Balaban J connectivity index is 1.71. The number of rotatable bonds is 6. The molecule has 0 unspecified atom stereocenters. The monoisotopic (exact) mass is 330 g/mol. The van der Waals surface area contributed by atoms with Crippen LogP contribution in [0.2, 0.25) is 10.2 Å². The summed E-state index contributed by atoms with van der Waals surface area (Å²) >= 11 is 13.3. The molecule has 0 radical (unpaired) electrons. The Kier molecular flexibility index (Phi) is 5.70. The Morgan fingerprint density at radius 1 is 1.35 bits per heavy atom. The summed E-state index contributed by atoms with van der Waals surface area (Å²) in [6.07, 6.45) is 1.70. The first-order valence-corrected chi connectivity index (χ1v) is 7.73. The van der Waals surface area contributed by atoms with Crippen molar-refractivity contribution < 1.29 is 0 Å². The molecule has 2 aromatic rings. The first kappa shape index (κ1) is 15.2. The van der Waals surface area contributed by atoms with Crippen LogP contribution in [-0.2, 0) is 5.75 Å². The van der Waals surface area contributed by atoms with Gasteiger partial charge < -0.3 is 5.32 Å². The maximum atomic E-state index is 11.0. The molecular formula is C12H12Cl2N4OS. The highest BCUT2D eigenvalue weighted by atomic mass is 35.5. The van der Waals surface area contributed by atoms with Crippen molar-refractivity contribution >= 4 is 40.8 Å². The lowest BCUT2D eigenvalue weighted by atomic mass is 10.3. The smallest absolute Gasteiger partial charge is 0.283 e. The van der Waals surface area contributed by atoms with Gasteiger partial charge in [-0.3, -0.25) is 4.79 Å². The summed E-state index contributed by atoms with van der Waals surface area (Å²) in [5, 5.41) is 9.87. The Hall–Kier alpha value is -1.24. The van der Waals surface area contributed by atoms with Gasteiger partial charge in [-0.1, -0.05) is 23.2 Å². The van der Waals surface area contributed by atoms with Gasteiger partial charge in [-0.2, -0.15) is 16.9 Å². The second-order valence-corrected chi connectivity index (χ2v) is 5.80. The third-order valence-electron chi connectivity index (χ3n) is 2.37. The van der Waals surface area contributed by atoms with Crippen LogP contribution in [-0.4, -0.2) is 27.5 Å². The van der Waals surface area contributed by atoms with E-state index in [4.69, 9.17) is 23.2 Å². The molecular weight excluding hydrogens is 319 g/mol. The van der Waals surface area contributed by atoms with E-state index < -0.39 is 0 Å². The molecule has 106 valence electrons. The molecule has 20 heavy (non-hydrogen) atoms. The Labute approximate surface area is 130 Å². The number of hydrogen-bond donors (Lipinski definition) is 2. The molecule has 0 saturated heterocycles. The van der Waals surface area contributed by atoms with Crippen LogP contribution in [0.15, 0.2) is 29.2 Å². The van der Waals surface area contributed by atoms with E-state index in [1.807, 2.05) is 12.1 Å². The summed E-state index contributed by atoms with van der Waals surface area (Å²) in [5.41, 5.74) is 0.751. The summed E-state index contributed by atoms with van der Waals surface area (Å²) in [6, 6.07) is 5.30. The van der Waals surface area contributed by atoms with Crippen molar-refractivity contribution in [2.24, 2.45) is 0 Å². The van der Waals surface area contributed by atoms with Gasteiger partial charge in [-0.15, -0.1) is 0 Å². The average molecular weight is 331 g/mol. The molecule has 0 aliphatic rings. The van der Waals surface area contributed by atoms with Crippen molar-refractivity contribution in [3.63, 3.8) is 0 Å². The van der Waals surface area contributed by atoms with Crippen LogP contribution >= 0.6 is 35.0 Å². The molecule has 2 aromatic heterocycles. The molecule has 0 saturated carbocycles. The largest absolute Gasteiger partial charge is 0.368 e. The van der Waals surface area contributed by atoms with Crippen molar-refractivity contribution in [1.29, 1.82) is 0 Å². The predicted octanol–water partition coefficient (Wildman–Crippen LogP) is 2.82. The molecule has 0 aliphatic carbocycles. The molecule has 8 heteroatoms. The van der Waals surface area contributed by atoms with E-state index in [1.54, 1.807) is 18.0 Å². The van der Waals surface area contributed by atoms with E-state index in [-0.39, 0.29) is 10.6 Å². The Morgan fingerprint density at radius 3 is 2.95 bits per heavy atom. The normalized spacial score (nSPS) is 10.5. The van der Waals surface area contributed by atoms with E-state index in [9.17, 15) is 4.79 Å². The standard InChI is InChI=1S/C12H12Cl2N4OS/c13-9-6-11(17-18-12(9)19)16-3-4-20-7-8-1-2-15-10(14)5-8/h1-2,5-6H,3-4,7H2,(H,16,17)(H,18,19). The molecule has 2 heterocycles. The van der Waals surface area contributed by atoms with E-state index in [1.165, 1.54) is 6.07 Å². The molecule has 0 aliphatic heterocycles. The molecule has 5 nitrogen and oxygen atoms in total. The minimum absolute atomic E-state index is 0.126. The average Bonchev–Trinajstić information content (AvgIpc) is 2.42. The molecule has 0 atom stereocenters. The number of aromatic nitrogens is 3. The maximum absolute atomic E-state index is 11.0. The number of hydrogen-bond acceptors (Lipinski definition) is 5. The summed E-state index contributed by atoms with van der Waals surface area (Å²) < 4.78 is 0. The number of pyridine rings is 1.